The lowest BCUT2D eigenvalue weighted by molar-refractivity contribution is 0.696. The lowest BCUT2D eigenvalue weighted by Crippen LogP contribution is -2.12. The van der Waals surface area contributed by atoms with E-state index >= 15 is 0 Å². The summed E-state index contributed by atoms with van der Waals surface area (Å²) in [5, 5.41) is 7.18. The maximum atomic E-state index is 11.9. The Hall–Kier alpha value is -1.65. The smallest absolute Gasteiger partial charge is 0.276 e. The van der Waals surface area contributed by atoms with E-state index < -0.39 is 0 Å². The average Bonchev–Trinajstić information content (AvgIpc) is 2.96. The Morgan fingerprint density at radius 3 is 2.83 bits per heavy atom. The van der Waals surface area contributed by atoms with Crippen LogP contribution in [0.15, 0.2) is 4.79 Å². The van der Waals surface area contributed by atoms with Crippen LogP contribution in [0.3, 0.4) is 0 Å². The van der Waals surface area contributed by atoms with E-state index in [2.05, 4.69) is 27.1 Å². The van der Waals surface area contributed by atoms with E-state index in [-0.39, 0.29) is 5.56 Å². The third kappa shape index (κ3) is 1.83. The second kappa shape index (κ2) is 4.55. The molecule has 0 unspecified atom stereocenters. The van der Waals surface area contributed by atoms with Gasteiger partial charge in [-0.2, -0.15) is 5.10 Å². The van der Waals surface area contributed by atoms with Gasteiger partial charge in [0.2, 0.25) is 0 Å². The van der Waals surface area contributed by atoms with Gasteiger partial charge in [-0.3, -0.25) is 9.89 Å². The second-order valence-corrected chi connectivity index (χ2v) is 5.08. The number of aromatic nitrogens is 4. The first-order chi connectivity index (χ1) is 8.79. The number of H-pyrrole nitrogens is 2. The molecule has 2 N–H and O–H groups in total. The number of fused-ring (bicyclic) bond motifs is 1. The number of rotatable bonds is 3. The van der Waals surface area contributed by atoms with Crippen molar-refractivity contribution < 1.29 is 0 Å². The monoisotopic (exact) mass is 246 g/mol. The van der Waals surface area contributed by atoms with Crippen molar-refractivity contribution in [3.63, 3.8) is 0 Å². The molecular formula is C13H18N4O. The Morgan fingerprint density at radius 1 is 1.33 bits per heavy atom. The van der Waals surface area contributed by atoms with Crippen LogP contribution in [-0.4, -0.2) is 20.2 Å². The summed E-state index contributed by atoms with van der Waals surface area (Å²) in [7, 11) is 0. The van der Waals surface area contributed by atoms with Crippen LogP contribution < -0.4 is 5.56 Å². The molecule has 1 saturated carbocycles. The fourth-order valence-corrected chi connectivity index (χ4v) is 2.82. The van der Waals surface area contributed by atoms with E-state index in [9.17, 15) is 4.79 Å². The van der Waals surface area contributed by atoms with Crippen LogP contribution in [0.2, 0.25) is 0 Å². The van der Waals surface area contributed by atoms with Crippen molar-refractivity contribution in [3.8, 4) is 0 Å². The van der Waals surface area contributed by atoms with Gasteiger partial charge in [-0.05, 0) is 19.3 Å². The standard InChI is InChI=1S/C13H18N4O/c1-2-5-9-14-11-10(8-6-3-4-7-8)16-17-12(11)13(18)15-9/h8H,2-7H2,1H3,(H,16,17)(H,14,15,18). The lowest BCUT2D eigenvalue weighted by Gasteiger charge is -2.05. The van der Waals surface area contributed by atoms with Gasteiger partial charge >= 0.3 is 0 Å². The van der Waals surface area contributed by atoms with Gasteiger partial charge in [0.1, 0.15) is 16.9 Å². The zero-order chi connectivity index (χ0) is 12.5. The third-order valence-corrected chi connectivity index (χ3v) is 3.73. The molecular weight excluding hydrogens is 228 g/mol. The number of aromatic amines is 2. The molecule has 1 aliphatic rings. The first-order valence-corrected chi connectivity index (χ1v) is 6.76. The molecule has 1 aliphatic carbocycles. The van der Waals surface area contributed by atoms with Crippen LogP contribution in [-0.2, 0) is 6.42 Å². The first-order valence-electron chi connectivity index (χ1n) is 6.76. The number of nitrogens with zero attached hydrogens (tertiary/aromatic N) is 2. The van der Waals surface area contributed by atoms with Gasteiger partial charge in [0.15, 0.2) is 0 Å². The van der Waals surface area contributed by atoms with Crippen molar-refractivity contribution in [2.45, 2.75) is 51.4 Å². The Balaban J connectivity index is 2.12. The summed E-state index contributed by atoms with van der Waals surface area (Å²) in [5.41, 5.74) is 2.21. The molecule has 0 aliphatic heterocycles. The predicted octanol–water partition coefficient (Wildman–Crippen LogP) is 2.26. The largest absolute Gasteiger partial charge is 0.309 e. The van der Waals surface area contributed by atoms with Crippen molar-refractivity contribution in [2.24, 2.45) is 0 Å². The Labute approximate surface area is 105 Å². The fourth-order valence-electron chi connectivity index (χ4n) is 2.82. The summed E-state index contributed by atoms with van der Waals surface area (Å²) in [6.45, 7) is 2.08. The van der Waals surface area contributed by atoms with Gasteiger partial charge in [-0.1, -0.05) is 19.8 Å². The van der Waals surface area contributed by atoms with Crippen molar-refractivity contribution in [1.82, 2.24) is 20.2 Å². The van der Waals surface area contributed by atoms with E-state index in [1.165, 1.54) is 12.8 Å². The molecule has 2 heterocycles. The summed E-state index contributed by atoms with van der Waals surface area (Å²) in [6.07, 6.45) is 6.62. The number of hydrogen-bond acceptors (Lipinski definition) is 3. The van der Waals surface area contributed by atoms with Crippen molar-refractivity contribution >= 4 is 11.0 Å². The highest BCUT2D eigenvalue weighted by Gasteiger charge is 2.23. The van der Waals surface area contributed by atoms with Crippen LogP contribution in [0, 0.1) is 0 Å². The topological polar surface area (TPSA) is 74.4 Å². The number of nitrogens with one attached hydrogen (secondary N) is 2. The molecule has 5 nitrogen and oxygen atoms in total. The van der Waals surface area contributed by atoms with Crippen molar-refractivity contribution in [3.05, 3.63) is 21.9 Å². The SMILES string of the molecule is CCCc1nc2c(C3CCCC3)n[nH]c2c(=O)[nH]1. The predicted molar refractivity (Wildman–Crippen MR) is 69.7 cm³/mol. The number of hydrogen-bond donors (Lipinski definition) is 2. The van der Waals surface area contributed by atoms with Crippen LogP contribution in [0.4, 0.5) is 0 Å². The summed E-state index contributed by atoms with van der Waals surface area (Å²) in [4.78, 5) is 19.3. The minimum atomic E-state index is -0.0970. The highest BCUT2D eigenvalue weighted by Crippen LogP contribution is 2.35. The Morgan fingerprint density at radius 2 is 2.11 bits per heavy atom. The van der Waals surface area contributed by atoms with E-state index in [1.54, 1.807) is 0 Å². The Bertz CT molecular complexity index is 607. The van der Waals surface area contributed by atoms with Gasteiger partial charge in [-0.15, -0.1) is 0 Å². The molecule has 2 aromatic heterocycles. The normalized spacial score (nSPS) is 16.7. The zero-order valence-electron chi connectivity index (χ0n) is 10.6. The average molecular weight is 246 g/mol. The van der Waals surface area contributed by atoms with Crippen molar-refractivity contribution in [1.29, 1.82) is 0 Å². The van der Waals surface area contributed by atoms with E-state index in [0.29, 0.717) is 11.4 Å². The molecule has 0 spiro atoms. The highest BCUT2D eigenvalue weighted by atomic mass is 16.1. The molecule has 2 aromatic rings. The maximum Gasteiger partial charge on any atom is 0.276 e. The minimum Gasteiger partial charge on any atom is -0.309 e. The first kappa shape index (κ1) is 11.4. The minimum absolute atomic E-state index is 0.0970. The molecule has 0 atom stereocenters. The van der Waals surface area contributed by atoms with Crippen molar-refractivity contribution in [2.75, 3.05) is 0 Å². The quantitative estimate of drug-likeness (QED) is 0.872. The number of aryl methyl sites for hydroxylation is 1. The highest BCUT2D eigenvalue weighted by molar-refractivity contribution is 5.76. The maximum absolute atomic E-state index is 11.9. The molecule has 3 rings (SSSR count). The van der Waals surface area contributed by atoms with Crippen LogP contribution >= 0.6 is 0 Å². The molecule has 0 saturated heterocycles. The van der Waals surface area contributed by atoms with Crippen LogP contribution in [0.5, 0.6) is 0 Å². The van der Waals surface area contributed by atoms with Crippen LogP contribution in [0.1, 0.15) is 56.5 Å². The van der Waals surface area contributed by atoms with Gasteiger partial charge in [0.05, 0.1) is 5.69 Å². The zero-order valence-corrected chi connectivity index (χ0v) is 10.6. The molecule has 0 amide bonds. The Kier molecular flexibility index (Phi) is 2.89. The molecule has 18 heavy (non-hydrogen) atoms. The van der Waals surface area contributed by atoms with E-state index in [1.807, 2.05) is 0 Å². The molecule has 5 heteroatoms. The summed E-state index contributed by atoms with van der Waals surface area (Å²) >= 11 is 0. The summed E-state index contributed by atoms with van der Waals surface area (Å²) < 4.78 is 0. The van der Waals surface area contributed by atoms with E-state index in [4.69, 9.17) is 0 Å². The second-order valence-electron chi connectivity index (χ2n) is 5.08. The molecule has 96 valence electrons. The van der Waals surface area contributed by atoms with Gasteiger partial charge in [-0.25, -0.2) is 4.98 Å². The molecule has 1 fully saturated rings. The molecule has 0 radical (unpaired) electrons. The van der Waals surface area contributed by atoms with Gasteiger partial charge in [0, 0.05) is 12.3 Å². The summed E-state index contributed by atoms with van der Waals surface area (Å²) in [5.74, 6) is 1.25. The third-order valence-electron chi connectivity index (χ3n) is 3.73. The molecule has 0 bridgehead atoms. The van der Waals surface area contributed by atoms with Crippen LogP contribution in [0.25, 0.3) is 11.0 Å². The summed E-state index contributed by atoms with van der Waals surface area (Å²) in [6, 6.07) is 0. The molecule has 0 aromatic carbocycles. The van der Waals surface area contributed by atoms with Gasteiger partial charge < -0.3 is 4.98 Å². The van der Waals surface area contributed by atoms with Gasteiger partial charge in [0.25, 0.3) is 5.56 Å². The van der Waals surface area contributed by atoms with E-state index in [0.717, 1.165) is 42.7 Å². The lowest BCUT2D eigenvalue weighted by atomic mass is 10.0. The fraction of sp³-hybridized carbons (Fsp3) is 0.615.